The molecule has 0 saturated heterocycles. The lowest BCUT2D eigenvalue weighted by atomic mass is 10.2. The van der Waals surface area contributed by atoms with Crippen molar-refractivity contribution in [2.24, 2.45) is 0 Å². The zero-order valence-corrected chi connectivity index (χ0v) is 10.8. The van der Waals surface area contributed by atoms with E-state index in [0.29, 0.717) is 15.6 Å². The highest BCUT2D eigenvalue weighted by Gasteiger charge is 2.16. The average molecular weight is 268 g/mol. The lowest BCUT2D eigenvalue weighted by Gasteiger charge is -2.09. The monoisotopic (exact) mass is 268 g/mol. The predicted molar refractivity (Wildman–Crippen MR) is 70.7 cm³/mol. The molecule has 6 heteroatoms. The van der Waals surface area contributed by atoms with Crippen LogP contribution < -0.4 is 10.5 Å². The molecule has 1 aromatic carbocycles. The van der Waals surface area contributed by atoms with E-state index >= 15 is 0 Å². The van der Waals surface area contributed by atoms with E-state index in [1.54, 1.807) is 35.7 Å². The van der Waals surface area contributed by atoms with Crippen molar-refractivity contribution < 1.29 is 8.42 Å². The van der Waals surface area contributed by atoms with Crippen molar-refractivity contribution in [3.8, 4) is 0 Å². The van der Waals surface area contributed by atoms with Gasteiger partial charge in [0, 0.05) is 5.69 Å². The van der Waals surface area contributed by atoms with Gasteiger partial charge in [0.15, 0.2) is 0 Å². The first-order valence-corrected chi connectivity index (χ1v) is 7.28. The Morgan fingerprint density at radius 2 is 2.06 bits per heavy atom. The molecular weight excluding hydrogens is 256 g/mol. The van der Waals surface area contributed by atoms with Crippen molar-refractivity contribution in [3.05, 3.63) is 41.3 Å². The number of anilines is 2. The van der Waals surface area contributed by atoms with E-state index in [0.717, 1.165) is 5.56 Å². The van der Waals surface area contributed by atoms with Crippen molar-refractivity contribution in [2.75, 3.05) is 10.5 Å². The van der Waals surface area contributed by atoms with Crippen molar-refractivity contribution in [3.63, 3.8) is 0 Å². The molecule has 0 fully saturated rings. The standard InChI is InChI=1S/C11H12N2O2S2/c1-8-4-5-9(12)7-10(8)13-17(14,15)11-3-2-6-16-11/h2-7,13H,12H2,1H3. The summed E-state index contributed by atoms with van der Waals surface area (Å²) >= 11 is 1.18. The molecule has 0 aliphatic carbocycles. The summed E-state index contributed by atoms with van der Waals surface area (Å²) in [5, 5.41) is 1.72. The maximum Gasteiger partial charge on any atom is 0.271 e. The number of nitrogens with one attached hydrogen (secondary N) is 1. The van der Waals surface area contributed by atoms with Crippen molar-refractivity contribution >= 4 is 32.7 Å². The zero-order chi connectivity index (χ0) is 12.5. The molecule has 2 aromatic rings. The van der Waals surface area contributed by atoms with Crippen molar-refractivity contribution in [2.45, 2.75) is 11.1 Å². The predicted octanol–water partition coefficient (Wildman–Crippen LogP) is 2.44. The Balaban J connectivity index is 2.36. The van der Waals surface area contributed by atoms with Gasteiger partial charge in [-0.3, -0.25) is 4.72 Å². The number of sulfonamides is 1. The Morgan fingerprint density at radius 1 is 1.29 bits per heavy atom. The largest absolute Gasteiger partial charge is 0.399 e. The quantitative estimate of drug-likeness (QED) is 0.840. The highest BCUT2D eigenvalue weighted by Crippen LogP contribution is 2.24. The highest BCUT2D eigenvalue weighted by atomic mass is 32.2. The summed E-state index contributed by atoms with van der Waals surface area (Å²) in [5.41, 5.74) is 7.51. The Hall–Kier alpha value is -1.53. The maximum atomic E-state index is 12.0. The van der Waals surface area contributed by atoms with Crippen LogP contribution in [0, 0.1) is 6.92 Å². The Morgan fingerprint density at radius 3 is 2.71 bits per heavy atom. The second-order valence-corrected chi connectivity index (χ2v) is 6.47. The van der Waals surface area contributed by atoms with Crippen molar-refractivity contribution in [1.82, 2.24) is 0 Å². The van der Waals surface area contributed by atoms with Gasteiger partial charge in [-0.2, -0.15) is 0 Å². The van der Waals surface area contributed by atoms with Gasteiger partial charge in [-0.25, -0.2) is 8.42 Å². The first-order valence-electron chi connectivity index (χ1n) is 4.91. The molecule has 0 unspecified atom stereocenters. The third-order valence-corrected chi connectivity index (χ3v) is 5.03. The fourth-order valence-electron chi connectivity index (χ4n) is 1.36. The summed E-state index contributed by atoms with van der Waals surface area (Å²) in [6.45, 7) is 1.83. The fourth-order valence-corrected chi connectivity index (χ4v) is 3.48. The van der Waals surface area contributed by atoms with Gasteiger partial charge in [0.25, 0.3) is 10.0 Å². The van der Waals surface area contributed by atoms with Crippen LogP contribution in [0.2, 0.25) is 0 Å². The summed E-state index contributed by atoms with van der Waals surface area (Å²) in [5.74, 6) is 0. The molecular formula is C11H12N2O2S2. The van der Waals surface area contributed by atoms with Crippen LogP contribution in [0.25, 0.3) is 0 Å². The number of nitrogens with two attached hydrogens (primary N) is 1. The molecule has 2 rings (SSSR count). The summed E-state index contributed by atoms with van der Waals surface area (Å²) in [6, 6.07) is 8.39. The molecule has 0 aliphatic heterocycles. The lowest BCUT2D eigenvalue weighted by molar-refractivity contribution is 0.603. The van der Waals surface area contributed by atoms with Gasteiger partial charge in [-0.15, -0.1) is 11.3 Å². The summed E-state index contributed by atoms with van der Waals surface area (Å²) in [7, 11) is -3.50. The van der Waals surface area contributed by atoms with Gasteiger partial charge < -0.3 is 5.73 Å². The lowest BCUT2D eigenvalue weighted by Crippen LogP contribution is -2.12. The molecule has 0 atom stereocenters. The smallest absolute Gasteiger partial charge is 0.271 e. The molecule has 1 heterocycles. The van der Waals surface area contributed by atoms with Crippen LogP contribution in [0.3, 0.4) is 0 Å². The Kier molecular flexibility index (Phi) is 3.08. The molecule has 3 N–H and O–H groups in total. The van der Waals surface area contributed by atoms with Gasteiger partial charge in [0.05, 0.1) is 5.69 Å². The van der Waals surface area contributed by atoms with Gasteiger partial charge in [-0.1, -0.05) is 12.1 Å². The number of benzene rings is 1. The summed E-state index contributed by atoms with van der Waals surface area (Å²) in [6.07, 6.45) is 0. The summed E-state index contributed by atoms with van der Waals surface area (Å²) in [4.78, 5) is 0. The number of hydrogen-bond donors (Lipinski definition) is 2. The van der Waals surface area contributed by atoms with E-state index in [2.05, 4.69) is 4.72 Å². The van der Waals surface area contributed by atoms with E-state index in [1.165, 1.54) is 11.3 Å². The number of hydrogen-bond acceptors (Lipinski definition) is 4. The molecule has 0 radical (unpaired) electrons. The molecule has 1 aromatic heterocycles. The molecule has 17 heavy (non-hydrogen) atoms. The molecule has 0 bridgehead atoms. The maximum absolute atomic E-state index is 12.0. The molecule has 0 saturated carbocycles. The molecule has 0 amide bonds. The van der Waals surface area contributed by atoms with E-state index in [-0.39, 0.29) is 0 Å². The van der Waals surface area contributed by atoms with Crippen LogP contribution in [-0.4, -0.2) is 8.42 Å². The van der Waals surface area contributed by atoms with Crippen LogP contribution >= 0.6 is 11.3 Å². The van der Waals surface area contributed by atoms with Crippen LogP contribution in [0.4, 0.5) is 11.4 Å². The normalized spacial score (nSPS) is 11.4. The minimum atomic E-state index is -3.50. The SMILES string of the molecule is Cc1ccc(N)cc1NS(=O)(=O)c1cccs1. The summed E-state index contributed by atoms with van der Waals surface area (Å²) < 4.78 is 26.8. The van der Waals surface area contributed by atoms with Crippen LogP contribution in [0.15, 0.2) is 39.9 Å². The minimum Gasteiger partial charge on any atom is -0.399 e. The molecule has 4 nitrogen and oxygen atoms in total. The first-order chi connectivity index (χ1) is 7.99. The van der Waals surface area contributed by atoms with E-state index in [1.807, 2.05) is 6.92 Å². The second kappa shape index (κ2) is 4.38. The number of thiophene rings is 1. The van der Waals surface area contributed by atoms with Gasteiger partial charge in [0.1, 0.15) is 4.21 Å². The van der Waals surface area contributed by atoms with Crippen LogP contribution in [-0.2, 0) is 10.0 Å². The van der Waals surface area contributed by atoms with Gasteiger partial charge in [-0.05, 0) is 36.1 Å². The first kappa shape index (κ1) is 11.9. The minimum absolute atomic E-state index is 0.291. The Labute approximate surface area is 104 Å². The van der Waals surface area contributed by atoms with E-state index in [9.17, 15) is 8.42 Å². The average Bonchev–Trinajstić information content (AvgIpc) is 2.77. The zero-order valence-electron chi connectivity index (χ0n) is 9.17. The van der Waals surface area contributed by atoms with Gasteiger partial charge in [0.2, 0.25) is 0 Å². The van der Waals surface area contributed by atoms with Crippen LogP contribution in [0.1, 0.15) is 5.56 Å². The van der Waals surface area contributed by atoms with E-state index < -0.39 is 10.0 Å². The fraction of sp³-hybridized carbons (Fsp3) is 0.0909. The molecule has 90 valence electrons. The number of aryl methyl sites for hydroxylation is 1. The second-order valence-electron chi connectivity index (χ2n) is 3.61. The number of nitrogen functional groups attached to an aromatic ring is 1. The molecule has 0 spiro atoms. The third kappa shape index (κ3) is 2.59. The highest BCUT2D eigenvalue weighted by molar-refractivity contribution is 7.94. The topological polar surface area (TPSA) is 72.2 Å². The Bertz CT molecular complexity index is 619. The van der Waals surface area contributed by atoms with E-state index in [4.69, 9.17) is 5.73 Å². The van der Waals surface area contributed by atoms with Gasteiger partial charge >= 0.3 is 0 Å². The molecule has 0 aliphatic rings. The third-order valence-electron chi connectivity index (χ3n) is 2.27. The van der Waals surface area contributed by atoms with Crippen LogP contribution in [0.5, 0.6) is 0 Å². The van der Waals surface area contributed by atoms with Crippen molar-refractivity contribution in [1.29, 1.82) is 0 Å². The number of rotatable bonds is 3.